The van der Waals surface area contributed by atoms with Gasteiger partial charge in [0.1, 0.15) is 11.3 Å². The molecule has 1 heterocycles. The van der Waals surface area contributed by atoms with Crippen molar-refractivity contribution in [2.45, 2.75) is 26.2 Å². The number of furan rings is 1. The van der Waals surface area contributed by atoms with Crippen LogP contribution in [-0.2, 0) is 19.3 Å². The summed E-state index contributed by atoms with van der Waals surface area (Å²) in [6.45, 7) is 2.14. The minimum Gasteiger partial charge on any atom is -0.460 e. The fourth-order valence-corrected chi connectivity index (χ4v) is 2.66. The van der Waals surface area contributed by atoms with Crippen LogP contribution >= 0.6 is 0 Å². The van der Waals surface area contributed by atoms with Gasteiger partial charge >= 0.3 is 0 Å². The number of fused-ring (bicyclic) bond motifs is 1. The second-order valence-corrected chi connectivity index (χ2v) is 5.19. The second-order valence-electron chi connectivity index (χ2n) is 5.19. The van der Waals surface area contributed by atoms with Gasteiger partial charge in [0, 0.05) is 17.4 Å². The lowest BCUT2D eigenvalue weighted by molar-refractivity contribution is 0.558. The zero-order chi connectivity index (χ0) is 14.7. The maximum Gasteiger partial charge on any atom is 0.134 e. The molecule has 0 aliphatic carbocycles. The zero-order valence-electron chi connectivity index (χ0n) is 12.1. The molecule has 0 radical (unpaired) electrons. The minimum atomic E-state index is 0.391. The van der Waals surface area contributed by atoms with E-state index in [0.717, 1.165) is 35.1 Å². The van der Waals surface area contributed by atoms with Crippen molar-refractivity contribution in [2.24, 2.45) is 0 Å². The summed E-state index contributed by atoms with van der Waals surface area (Å²) in [5, 5.41) is 10.2. The van der Waals surface area contributed by atoms with Crippen LogP contribution < -0.4 is 0 Å². The van der Waals surface area contributed by atoms with E-state index in [1.165, 1.54) is 11.1 Å². The quantitative estimate of drug-likeness (QED) is 0.694. The van der Waals surface area contributed by atoms with Crippen molar-refractivity contribution in [3.8, 4) is 6.07 Å². The lowest BCUT2D eigenvalue weighted by Crippen LogP contribution is -1.91. The lowest BCUT2D eigenvalue weighted by Gasteiger charge is -2.00. The summed E-state index contributed by atoms with van der Waals surface area (Å²) >= 11 is 0. The van der Waals surface area contributed by atoms with Crippen LogP contribution in [0.15, 0.2) is 52.9 Å². The standard InChI is InChI=1S/C19H17NO/c1-2-14-8-9-18-17(12-14)16(10-11-20)19(21-18)13-15-6-4-3-5-7-15/h3-9,12H,2,10,13H2,1H3. The van der Waals surface area contributed by atoms with Gasteiger partial charge in [0.05, 0.1) is 12.5 Å². The number of hydrogen-bond acceptors (Lipinski definition) is 2. The molecule has 0 N–H and O–H groups in total. The molecule has 0 spiro atoms. The maximum absolute atomic E-state index is 9.12. The Hall–Kier alpha value is -2.53. The van der Waals surface area contributed by atoms with Crippen LogP contribution in [0.5, 0.6) is 0 Å². The third-order valence-electron chi connectivity index (χ3n) is 3.81. The molecule has 0 aliphatic heterocycles. The van der Waals surface area contributed by atoms with Crippen molar-refractivity contribution in [2.75, 3.05) is 0 Å². The smallest absolute Gasteiger partial charge is 0.134 e. The first-order chi connectivity index (χ1) is 10.3. The van der Waals surface area contributed by atoms with Gasteiger partial charge in [-0.05, 0) is 29.7 Å². The van der Waals surface area contributed by atoms with E-state index in [9.17, 15) is 0 Å². The molecule has 0 saturated heterocycles. The molecule has 2 nitrogen and oxygen atoms in total. The van der Waals surface area contributed by atoms with Crippen LogP contribution in [0.3, 0.4) is 0 Å². The fourth-order valence-electron chi connectivity index (χ4n) is 2.66. The molecule has 0 aliphatic rings. The van der Waals surface area contributed by atoms with Crippen LogP contribution in [0, 0.1) is 11.3 Å². The summed E-state index contributed by atoms with van der Waals surface area (Å²) in [6, 6.07) is 18.8. The Kier molecular flexibility index (Phi) is 3.75. The van der Waals surface area contributed by atoms with Crippen LogP contribution in [0.1, 0.15) is 29.4 Å². The van der Waals surface area contributed by atoms with Crippen molar-refractivity contribution in [1.82, 2.24) is 0 Å². The predicted molar refractivity (Wildman–Crippen MR) is 84.2 cm³/mol. The largest absolute Gasteiger partial charge is 0.460 e. The molecule has 1 aromatic heterocycles. The number of nitrogens with zero attached hydrogens (tertiary/aromatic N) is 1. The van der Waals surface area contributed by atoms with Gasteiger partial charge in [-0.3, -0.25) is 0 Å². The Bertz CT molecular complexity index is 794. The van der Waals surface area contributed by atoms with Crippen LogP contribution in [0.25, 0.3) is 11.0 Å². The van der Waals surface area contributed by atoms with Crippen LogP contribution in [-0.4, -0.2) is 0 Å². The van der Waals surface area contributed by atoms with E-state index in [1.807, 2.05) is 24.3 Å². The van der Waals surface area contributed by atoms with Crippen LogP contribution in [0.4, 0.5) is 0 Å². The van der Waals surface area contributed by atoms with Gasteiger partial charge in [-0.25, -0.2) is 0 Å². The summed E-state index contributed by atoms with van der Waals surface area (Å²) in [7, 11) is 0. The summed E-state index contributed by atoms with van der Waals surface area (Å²) < 4.78 is 6.00. The maximum atomic E-state index is 9.12. The summed E-state index contributed by atoms with van der Waals surface area (Å²) in [5.74, 6) is 0.908. The van der Waals surface area contributed by atoms with Gasteiger partial charge < -0.3 is 4.42 Å². The predicted octanol–water partition coefficient (Wildman–Crippen LogP) is 4.65. The minimum absolute atomic E-state index is 0.391. The van der Waals surface area contributed by atoms with Gasteiger partial charge in [0.15, 0.2) is 0 Å². The molecular weight excluding hydrogens is 258 g/mol. The molecule has 2 heteroatoms. The number of nitriles is 1. The average molecular weight is 275 g/mol. The second kappa shape index (κ2) is 5.85. The Morgan fingerprint density at radius 3 is 2.57 bits per heavy atom. The number of aryl methyl sites for hydroxylation is 1. The molecule has 104 valence electrons. The summed E-state index contributed by atoms with van der Waals surface area (Å²) in [5.41, 5.74) is 4.38. The highest BCUT2D eigenvalue weighted by Gasteiger charge is 2.14. The first-order valence-corrected chi connectivity index (χ1v) is 7.26. The monoisotopic (exact) mass is 275 g/mol. The van der Waals surface area contributed by atoms with Crippen molar-refractivity contribution >= 4 is 11.0 Å². The van der Waals surface area contributed by atoms with E-state index < -0.39 is 0 Å². The number of hydrogen-bond donors (Lipinski definition) is 0. The van der Waals surface area contributed by atoms with Crippen molar-refractivity contribution in [3.63, 3.8) is 0 Å². The topological polar surface area (TPSA) is 36.9 Å². The van der Waals surface area contributed by atoms with Crippen molar-refractivity contribution < 1.29 is 4.42 Å². The molecule has 0 amide bonds. The van der Waals surface area contributed by atoms with E-state index in [2.05, 4.69) is 37.3 Å². The van der Waals surface area contributed by atoms with E-state index >= 15 is 0 Å². The Morgan fingerprint density at radius 1 is 1.05 bits per heavy atom. The number of benzene rings is 2. The first kappa shape index (κ1) is 13.5. The molecule has 0 saturated carbocycles. The first-order valence-electron chi connectivity index (χ1n) is 7.26. The Morgan fingerprint density at radius 2 is 1.86 bits per heavy atom. The average Bonchev–Trinajstić information content (AvgIpc) is 2.85. The highest BCUT2D eigenvalue weighted by atomic mass is 16.3. The fraction of sp³-hybridized carbons (Fsp3) is 0.211. The molecule has 2 aromatic carbocycles. The molecule has 0 fully saturated rings. The number of rotatable bonds is 4. The van der Waals surface area contributed by atoms with E-state index in [4.69, 9.17) is 9.68 Å². The molecule has 21 heavy (non-hydrogen) atoms. The van der Waals surface area contributed by atoms with Gasteiger partial charge in [0.2, 0.25) is 0 Å². The van der Waals surface area contributed by atoms with Gasteiger partial charge in [0.25, 0.3) is 0 Å². The van der Waals surface area contributed by atoms with Gasteiger partial charge in [-0.2, -0.15) is 5.26 Å². The van der Waals surface area contributed by atoms with Gasteiger partial charge in [-0.1, -0.05) is 43.3 Å². The normalized spacial score (nSPS) is 10.7. The van der Waals surface area contributed by atoms with Gasteiger partial charge in [-0.15, -0.1) is 0 Å². The SMILES string of the molecule is CCc1ccc2oc(Cc3ccccc3)c(CC#N)c2c1. The van der Waals surface area contributed by atoms with Crippen molar-refractivity contribution in [1.29, 1.82) is 5.26 Å². The summed E-state index contributed by atoms with van der Waals surface area (Å²) in [4.78, 5) is 0. The Balaban J connectivity index is 2.09. The molecule has 0 unspecified atom stereocenters. The van der Waals surface area contributed by atoms with Crippen LogP contribution in [0.2, 0.25) is 0 Å². The lowest BCUT2D eigenvalue weighted by atomic mass is 10.0. The third kappa shape index (κ3) is 2.68. The Labute approximate surface area is 124 Å². The highest BCUT2D eigenvalue weighted by Crippen LogP contribution is 2.29. The van der Waals surface area contributed by atoms with Crippen molar-refractivity contribution in [3.05, 3.63) is 71.0 Å². The molecular formula is C19H17NO. The summed E-state index contributed by atoms with van der Waals surface area (Å²) in [6.07, 6.45) is 2.11. The molecule has 3 rings (SSSR count). The van der Waals surface area contributed by atoms with E-state index in [1.54, 1.807) is 0 Å². The third-order valence-corrected chi connectivity index (χ3v) is 3.81. The van der Waals surface area contributed by atoms with E-state index in [-0.39, 0.29) is 0 Å². The molecule has 3 aromatic rings. The molecule has 0 bridgehead atoms. The zero-order valence-corrected chi connectivity index (χ0v) is 12.1. The highest BCUT2D eigenvalue weighted by molar-refractivity contribution is 5.83. The van der Waals surface area contributed by atoms with E-state index in [0.29, 0.717) is 6.42 Å². The molecule has 0 atom stereocenters.